The maximum absolute atomic E-state index is 11.3. The summed E-state index contributed by atoms with van der Waals surface area (Å²) in [5, 5.41) is 60.0. The first-order chi connectivity index (χ1) is 19.6. The molecule has 10 heteroatoms. The fraction of sp³-hybridized carbons (Fsp3) is 0.871. The molecule has 0 aromatic rings. The van der Waals surface area contributed by atoms with Crippen molar-refractivity contribution >= 4 is 11.9 Å². The van der Waals surface area contributed by atoms with Crippen molar-refractivity contribution in [2.45, 2.75) is 159 Å². The SMILES string of the molecule is CCCCCCCCCCCCCC=CCC(C)O[C@@H]1O[C@H](CO)[C@H](O)[C@H](O)[C@]1(O)CCCCC(C(=O)O)C(=O)O. The molecule has 1 saturated heterocycles. The van der Waals surface area contributed by atoms with Crippen LogP contribution in [0.15, 0.2) is 12.2 Å². The summed E-state index contributed by atoms with van der Waals surface area (Å²) in [6.45, 7) is 3.45. The van der Waals surface area contributed by atoms with Crippen molar-refractivity contribution in [3.8, 4) is 0 Å². The van der Waals surface area contributed by atoms with E-state index in [0.717, 1.165) is 12.8 Å². The van der Waals surface area contributed by atoms with Gasteiger partial charge in [0, 0.05) is 0 Å². The average Bonchev–Trinajstić information content (AvgIpc) is 2.93. The first kappa shape index (κ1) is 37.5. The van der Waals surface area contributed by atoms with Crippen molar-refractivity contribution in [1.29, 1.82) is 0 Å². The Bertz CT molecular complexity index is 730. The molecule has 10 nitrogen and oxygen atoms in total. The highest BCUT2D eigenvalue weighted by atomic mass is 16.7. The molecule has 0 spiro atoms. The summed E-state index contributed by atoms with van der Waals surface area (Å²) in [5.41, 5.74) is -2.03. The Hall–Kier alpha value is -1.56. The molecule has 0 saturated carbocycles. The number of unbranched alkanes of at least 4 members (excludes halogenated alkanes) is 12. The number of aliphatic hydroxyl groups is 4. The molecule has 1 fully saturated rings. The zero-order valence-corrected chi connectivity index (χ0v) is 25.2. The van der Waals surface area contributed by atoms with Gasteiger partial charge in [0.2, 0.25) is 0 Å². The van der Waals surface area contributed by atoms with E-state index >= 15 is 0 Å². The van der Waals surface area contributed by atoms with Crippen LogP contribution >= 0.6 is 0 Å². The first-order valence-electron chi connectivity index (χ1n) is 15.7. The van der Waals surface area contributed by atoms with Gasteiger partial charge < -0.3 is 40.1 Å². The van der Waals surface area contributed by atoms with Crippen LogP contribution < -0.4 is 0 Å². The molecule has 0 aromatic carbocycles. The molecule has 240 valence electrons. The summed E-state index contributed by atoms with van der Waals surface area (Å²) >= 11 is 0. The van der Waals surface area contributed by atoms with Crippen molar-refractivity contribution in [2.75, 3.05) is 6.61 Å². The highest BCUT2D eigenvalue weighted by Gasteiger charge is 2.55. The molecule has 6 N–H and O–H groups in total. The molecule has 1 heterocycles. The van der Waals surface area contributed by atoms with Gasteiger partial charge in [0.25, 0.3) is 0 Å². The van der Waals surface area contributed by atoms with Gasteiger partial charge in [0.1, 0.15) is 23.9 Å². The van der Waals surface area contributed by atoms with Gasteiger partial charge >= 0.3 is 11.9 Å². The van der Waals surface area contributed by atoms with Gasteiger partial charge in [-0.2, -0.15) is 0 Å². The molecule has 0 aromatic heterocycles. The number of carboxylic acid groups (broad SMARTS) is 2. The summed E-state index contributed by atoms with van der Waals surface area (Å²) in [5.74, 6) is -4.44. The van der Waals surface area contributed by atoms with Crippen LogP contribution in [0.1, 0.15) is 123 Å². The lowest BCUT2D eigenvalue weighted by Gasteiger charge is -2.48. The molecule has 1 unspecified atom stereocenters. The van der Waals surface area contributed by atoms with E-state index in [1.165, 1.54) is 64.2 Å². The maximum Gasteiger partial charge on any atom is 0.317 e. The predicted molar refractivity (Wildman–Crippen MR) is 155 cm³/mol. The molecular formula is C31H56O10. The van der Waals surface area contributed by atoms with Gasteiger partial charge in [-0.05, 0) is 39.0 Å². The number of aliphatic carboxylic acids is 2. The van der Waals surface area contributed by atoms with Crippen LogP contribution in [0.5, 0.6) is 0 Å². The van der Waals surface area contributed by atoms with Crippen LogP contribution in [0, 0.1) is 5.92 Å². The monoisotopic (exact) mass is 588 g/mol. The third-order valence-corrected chi connectivity index (χ3v) is 7.98. The van der Waals surface area contributed by atoms with E-state index in [4.69, 9.17) is 19.7 Å². The van der Waals surface area contributed by atoms with Crippen LogP contribution in [-0.2, 0) is 19.1 Å². The normalized spacial score (nSPS) is 25.6. The van der Waals surface area contributed by atoms with Gasteiger partial charge in [-0.3, -0.25) is 9.59 Å². The highest BCUT2D eigenvalue weighted by Crippen LogP contribution is 2.36. The topological polar surface area (TPSA) is 174 Å². The third-order valence-electron chi connectivity index (χ3n) is 7.98. The summed E-state index contributed by atoms with van der Waals surface area (Å²) < 4.78 is 11.6. The molecule has 0 radical (unpaired) electrons. The lowest BCUT2D eigenvalue weighted by Crippen LogP contribution is -2.67. The fourth-order valence-electron chi connectivity index (χ4n) is 5.27. The first-order valence-corrected chi connectivity index (χ1v) is 15.7. The van der Waals surface area contributed by atoms with Crippen molar-refractivity contribution < 1.29 is 49.7 Å². The van der Waals surface area contributed by atoms with Gasteiger partial charge in [-0.25, -0.2) is 0 Å². The van der Waals surface area contributed by atoms with Gasteiger partial charge in [-0.15, -0.1) is 0 Å². The molecule has 0 aliphatic carbocycles. The Morgan fingerprint density at radius 3 is 1.98 bits per heavy atom. The summed E-state index contributed by atoms with van der Waals surface area (Å²) in [4.78, 5) is 22.2. The van der Waals surface area contributed by atoms with E-state index in [1.54, 1.807) is 6.92 Å². The molecule has 6 atom stereocenters. The Morgan fingerprint density at radius 1 is 0.878 bits per heavy atom. The smallest absolute Gasteiger partial charge is 0.317 e. The summed E-state index contributed by atoms with van der Waals surface area (Å²) in [6, 6.07) is 0. The Labute approximate surface area is 245 Å². The highest BCUT2D eigenvalue weighted by molar-refractivity contribution is 5.92. The van der Waals surface area contributed by atoms with E-state index in [-0.39, 0.29) is 25.7 Å². The zero-order valence-electron chi connectivity index (χ0n) is 25.2. The second-order valence-electron chi connectivity index (χ2n) is 11.6. The quantitative estimate of drug-likeness (QED) is 0.0533. The maximum atomic E-state index is 11.3. The minimum Gasteiger partial charge on any atom is -0.481 e. The van der Waals surface area contributed by atoms with E-state index in [2.05, 4.69) is 13.0 Å². The Balaban J connectivity index is 2.46. The Morgan fingerprint density at radius 2 is 1.44 bits per heavy atom. The lowest BCUT2D eigenvalue weighted by atomic mass is 9.82. The minimum absolute atomic E-state index is 0.124. The predicted octanol–water partition coefficient (Wildman–Crippen LogP) is 4.55. The van der Waals surface area contributed by atoms with E-state index < -0.39 is 60.8 Å². The summed E-state index contributed by atoms with van der Waals surface area (Å²) in [7, 11) is 0. The molecule has 41 heavy (non-hydrogen) atoms. The van der Waals surface area contributed by atoms with E-state index in [9.17, 15) is 30.0 Å². The number of allylic oxidation sites excluding steroid dienone is 1. The number of carboxylic acids is 2. The van der Waals surface area contributed by atoms with Gasteiger partial charge in [-0.1, -0.05) is 96.1 Å². The van der Waals surface area contributed by atoms with Gasteiger partial charge in [0.05, 0.1) is 12.7 Å². The average molecular weight is 589 g/mol. The number of ether oxygens (including phenoxy) is 2. The van der Waals surface area contributed by atoms with E-state index in [1.807, 2.05) is 6.08 Å². The molecule has 1 rings (SSSR count). The number of rotatable bonds is 24. The van der Waals surface area contributed by atoms with Crippen LogP contribution in [0.4, 0.5) is 0 Å². The fourth-order valence-corrected chi connectivity index (χ4v) is 5.27. The van der Waals surface area contributed by atoms with Crippen LogP contribution in [0.2, 0.25) is 0 Å². The third kappa shape index (κ3) is 14.0. The second-order valence-corrected chi connectivity index (χ2v) is 11.6. The number of hydrogen-bond acceptors (Lipinski definition) is 8. The van der Waals surface area contributed by atoms with Crippen molar-refractivity contribution in [2.24, 2.45) is 5.92 Å². The number of hydrogen-bond donors (Lipinski definition) is 6. The molecule has 0 amide bonds. The van der Waals surface area contributed by atoms with Crippen molar-refractivity contribution in [3.05, 3.63) is 12.2 Å². The van der Waals surface area contributed by atoms with Crippen molar-refractivity contribution in [3.63, 3.8) is 0 Å². The second kappa shape index (κ2) is 21.2. The molecule has 1 aliphatic rings. The van der Waals surface area contributed by atoms with Crippen molar-refractivity contribution in [1.82, 2.24) is 0 Å². The van der Waals surface area contributed by atoms with Crippen LogP contribution in [-0.4, -0.2) is 85.5 Å². The molecule has 0 bridgehead atoms. The largest absolute Gasteiger partial charge is 0.481 e. The molecule has 1 aliphatic heterocycles. The van der Waals surface area contributed by atoms with Crippen LogP contribution in [0.25, 0.3) is 0 Å². The minimum atomic E-state index is -2.03. The van der Waals surface area contributed by atoms with E-state index in [0.29, 0.717) is 6.42 Å². The van der Waals surface area contributed by atoms with Crippen LogP contribution in [0.3, 0.4) is 0 Å². The zero-order chi connectivity index (χ0) is 30.7. The van der Waals surface area contributed by atoms with Gasteiger partial charge in [0.15, 0.2) is 12.2 Å². The lowest BCUT2D eigenvalue weighted by molar-refractivity contribution is -0.350. The molecular weight excluding hydrogens is 532 g/mol. The summed E-state index contributed by atoms with van der Waals surface area (Å²) in [6.07, 6.45) is 13.8. The number of aliphatic hydroxyl groups excluding tert-OH is 3. The standard InChI is InChI=1S/C31H56O10/c1-3-4-5-6-7-8-9-10-11-12-13-14-15-16-19-23(2)40-30-31(39,27(34)26(33)25(22-32)41-30)21-18-17-20-24(28(35)36)29(37)38/h15-16,23-27,30,32-34,39H,3-14,17-22H2,1-2H3,(H,35,36)(H,37,38)/t23?,25-,26+,27+,30-,31-/m1/s1. The Kier molecular flexibility index (Phi) is 19.4. The number of carbonyl (C=O) groups is 2.